The summed E-state index contributed by atoms with van der Waals surface area (Å²) in [6.07, 6.45) is -0.102. The number of hydrogen-bond donors (Lipinski definition) is 0. The number of ether oxygens (including phenoxy) is 1. The SMILES string of the molecule is CC(C)Oc1cccc(SC(C)CCl)c1[N+](=O)[O-]. The third-order valence-electron chi connectivity index (χ3n) is 2.05. The highest BCUT2D eigenvalue weighted by Gasteiger charge is 2.23. The zero-order chi connectivity index (χ0) is 13.7. The normalized spacial score (nSPS) is 12.5. The lowest BCUT2D eigenvalue weighted by atomic mass is 10.3. The summed E-state index contributed by atoms with van der Waals surface area (Å²) < 4.78 is 5.47. The zero-order valence-corrected chi connectivity index (χ0v) is 12.1. The molecule has 0 N–H and O–H groups in total. The molecule has 1 aromatic carbocycles. The number of nitrogens with zero attached hydrogens (tertiary/aromatic N) is 1. The van der Waals surface area contributed by atoms with Crippen molar-refractivity contribution in [2.45, 2.75) is 37.0 Å². The second-order valence-electron chi connectivity index (χ2n) is 4.11. The Bertz CT molecular complexity index is 426. The molecule has 18 heavy (non-hydrogen) atoms. The number of hydrogen-bond acceptors (Lipinski definition) is 4. The van der Waals surface area contributed by atoms with Gasteiger partial charge in [0.25, 0.3) is 0 Å². The molecule has 4 nitrogen and oxygen atoms in total. The van der Waals surface area contributed by atoms with Gasteiger partial charge < -0.3 is 4.74 Å². The van der Waals surface area contributed by atoms with Crippen LogP contribution >= 0.6 is 23.4 Å². The Morgan fingerprint density at radius 2 is 2.11 bits per heavy atom. The van der Waals surface area contributed by atoms with Gasteiger partial charge in [0.2, 0.25) is 0 Å². The van der Waals surface area contributed by atoms with Crippen molar-refractivity contribution in [3.05, 3.63) is 28.3 Å². The first kappa shape index (κ1) is 15.1. The number of nitro groups is 1. The fourth-order valence-corrected chi connectivity index (χ4v) is 2.50. The first-order valence-corrected chi connectivity index (χ1v) is 7.03. The van der Waals surface area contributed by atoms with Gasteiger partial charge in [-0.3, -0.25) is 10.1 Å². The van der Waals surface area contributed by atoms with Crippen molar-refractivity contribution < 1.29 is 9.66 Å². The third kappa shape index (κ3) is 4.07. The van der Waals surface area contributed by atoms with Crippen LogP contribution in [0.15, 0.2) is 23.1 Å². The van der Waals surface area contributed by atoms with Gasteiger partial charge in [0.05, 0.1) is 15.9 Å². The van der Waals surface area contributed by atoms with Crippen molar-refractivity contribution in [1.29, 1.82) is 0 Å². The molecule has 0 aliphatic heterocycles. The minimum absolute atomic E-state index is 0.0215. The summed E-state index contributed by atoms with van der Waals surface area (Å²) in [5.74, 6) is 0.749. The number of nitro benzene ring substituents is 1. The summed E-state index contributed by atoms with van der Waals surface area (Å²) in [5.41, 5.74) is 0.0215. The van der Waals surface area contributed by atoms with Crippen LogP contribution in [0.3, 0.4) is 0 Å². The fraction of sp³-hybridized carbons (Fsp3) is 0.500. The second-order valence-corrected chi connectivity index (χ2v) is 5.90. The predicted molar refractivity (Wildman–Crippen MR) is 74.9 cm³/mol. The lowest BCUT2D eigenvalue weighted by molar-refractivity contribution is -0.388. The Morgan fingerprint density at radius 3 is 2.61 bits per heavy atom. The third-order valence-corrected chi connectivity index (χ3v) is 3.85. The average Bonchev–Trinajstić information content (AvgIpc) is 2.27. The van der Waals surface area contributed by atoms with Crippen LogP contribution in [0, 0.1) is 10.1 Å². The molecule has 0 saturated carbocycles. The lowest BCUT2D eigenvalue weighted by Crippen LogP contribution is -2.08. The van der Waals surface area contributed by atoms with E-state index < -0.39 is 4.92 Å². The van der Waals surface area contributed by atoms with Crippen LogP contribution in [0.25, 0.3) is 0 Å². The molecule has 0 heterocycles. The summed E-state index contributed by atoms with van der Waals surface area (Å²) in [5, 5.41) is 11.3. The number of para-hydroxylation sites is 1. The van der Waals surface area contributed by atoms with Crippen molar-refractivity contribution >= 4 is 29.1 Å². The highest BCUT2D eigenvalue weighted by molar-refractivity contribution is 8.00. The van der Waals surface area contributed by atoms with Crippen molar-refractivity contribution in [2.75, 3.05) is 5.88 Å². The van der Waals surface area contributed by atoms with Gasteiger partial charge in [-0.25, -0.2) is 0 Å². The van der Waals surface area contributed by atoms with E-state index in [9.17, 15) is 10.1 Å². The van der Waals surface area contributed by atoms with Crippen LogP contribution in [0.2, 0.25) is 0 Å². The van der Waals surface area contributed by atoms with Gasteiger partial charge in [-0.05, 0) is 26.0 Å². The molecule has 100 valence electrons. The van der Waals surface area contributed by atoms with Crippen molar-refractivity contribution in [1.82, 2.24) is 0 Å². The molecule has 1 unspecified atom stereocenters. The first-order chi connectivity index (χ1) is 8.45. The number of rotatable bonds is 6. The van der Waals surface area contributed by atoms with E-state index in [1.165, 1.54) is 11.8 Å². The van der Waals surface area contributed by atoms with Crippen LogP contribution in [0.1, 0.15) is 20.8 Å². The maximum absolute atomic E-state index is 11.2. The van der Waals surface area contributed by atoms with E-state index in [2.05, 4.69) is 0 Å². The Kier molecular flexibility index (Phi) is 5.75. The van der Waals surface area contributed by atoms with Gasteiger partial charge >= 0.3 is 5.69 Å². The molecule has 0 bridgehead atoms. The van der Waals surface area contributed by atoms with Crippen molar-refractivity contribution in [3.63, 3.8) is 0 Å². The molecular formula is C12H16ClNO3S. The first-order valence-electron chi connectivity index (χ1n) is 5.62. The Balaban J connectivity index is 3.13. The molecule has 0 radical (unpaired) electrons. The van der Waals surface area contributed by atoms with Gasteiger partial charge in [-0.2, -0.15) is 0 Å². The molecule has 0 aliphatic rings. The molecule has 1 aromatic rings. The van der Waals surface area contributed by atoms with E-state index >= 15 is 0 Å². The molecule has 0 amide bonds. The van der Waals surface area contributed by atoms with Crippen LogP contribution < -0.4 is 4.74 Å². The quantitative estimate of drug-likeness (QED) is 0.342. The minimum Gasteiger partial charge on any atom is -0.484 e. The predicted octanol–water partition coefficient (Wildman–Crippen LogP) is 4.10. The maximum Gasteiger partial charge on any atom is 0.324 e. The van der Waals surface area contributed by atoms with E-state index in [1.807, 2.05) is 20.8 Å². The van der Waals surface area contributed by atoms with Crippen molar-refractivity contribution in [3.8, 4) is 5.75 Å². The summed E-state index contributed by atoms with van der Waals surface area (Å²) in [6, 6.07) is 5.10. The molecule has 1 atom stereocenters. The van der Waals surface area contributed by atoms with E-state index in [-0.39, 0.29) is 17.0 Å². The van der Waals surface area contributed by atoms with Crippen LogP contribution in [0.5, 0.6) is 5.75 Å². The monoisotopic (exact) mass is 289 g/mol. The Hall–Kier alpha value is -0.940. The van der Waals surface area contributed by atoms with Crippen LogP contribution in [0.4, 0.5) is 5.69 Å². The lowest BCUT2D eigenvalue weighted by Gasteiger charge is -2.13. The Labute approximate surface area is 116 Å². The summed E-state index contributed by atoms with van der Waals surface area (Å²) in [6.45, 7) is 5.60. The molecule has 0 fully saturated rings. The second kappa shape index (κ2) is 6.85. The summed E-state index contributed by atoms with van der Waals surface area (Å²) in [7, 11) is 0. The van der Waals surface area contributed by atoms with E-state index in [1.54, 1.807) is 18.2 Å². The minimum atomic E-state index is -0.402. The molecule has 6 heteroatoms. The number of alkyl halides is 1. The molecule has 0 aliphatic carbocycles. The Morgan fingerprint density at radius 1 is 1.44 bits per heavy atom. The topological polar surface area (TPSA) is 52.4 Å². The number of halogens is 1. The molecular weight excluding hydrogens is 274 g/mol. The average molecular weight is 290 g/mol. The molecule has 0 spiro atoms. The van der Waals surface area contributed by atoms with E-state index in [0.717, 1.165) is 0 Å². The maximum atomic E-state index is 11.2. The molecule has 1 rings (SSSR count). The van der Waals surface area contributed by atoms with Gasteiger partial charge in [0.15, 0.2) is 5.75 Å². The summed E-state index contributed by atoms with van der Waals surface area (Å²) >= 11 is 7.12. The largest absolute Gasteiger partial charge is 0.484 e. The highest BCUT2D eigenvalue weighted by Crippen LogP contribution is 2.39. The van der Waals surface area contributed by atoms with Crippen LogP contribution in [-0.2, 0) is 0 Å². The van der Waals surface area contributed by atoms with Crippen molar-refractivity contribution in [2.24, 2.45) is 0 Å². The standard InChI is InChI=1S/C12H16ClNO3S/c1-8(2)17-10-5-4-6-11(12(10)14(15)16)18-9(3)7-13/h4-6,8-9H,7H2,1-3H3. The van der Waals surface area contributed by atoms with Gasteiger partial charge in [0.1, 0.15) is 0 Å². The number of benzene rings is 1. The summed E-state index contributed by atoms with van der Waals surface area (Å²) in [4.78, 5) is 11.4. The molecule has 0 saturated heterocycles. The van der Waals surface area contributed by atoms with Gasteiger partial charge in [0, 0.05) is 11.1 Å². The van der Waals surface area contributed by atoms with Gasteiger partial charge in [-0.1, -0.05) is 13.0 Å². The molecule has 0 aromatic heterocycles. The van der Waals surface area contributed by atoms with E-state index in [4.69, 9.17) is 16.3 Å². The smallest absolute Gasteiger partial charge is 0.324 e. The van der Waals surface area contributed by atoms with E-state index in [0.29, 0.717) is 16.5 Å². The fourth-order valence-electron chi connectivity index (χ4n) is 1.37. The van der Waals surface area contributed by atoms with Crippen LogP contribution in [-0.4, -0.2) is 22.2 Å². The zero-order valence-electron chi connectivity index (χ0n) is 10.6. The number of thioether (sulfide) groups is 1. The van der Waals surface area contributed by atoms with Gasteiger partial charge in [-0.15, -0.1) is 23.4 Å². The highest BCUT2D eigenvalue weighted by atomic mass is 35.5.